The Balaban J connectivity index is 1.30. The van der Waals surface area contributed by atoms with Crippen LogP contribution in [-0.4, -0.2) is 60.6 Å². The number of hydrogen-bond acceptors (Lipinski definition) is 12. The Kier molecular flexibility index (Phi) is 7.03. The third-order valence-electron chi connectivity index (χ3n) is 8.57. The lowest BCUT2D eigenvalue weighted by molar-refractivity contribution is -0.384. The molecule has 45 heavy (non-hydrogen) atoms. The van der Waals surface area contributed by atoms with Gasteiger partial charge in [-0.3, -0.25) is 14.9 Å². The Morgan fingerprint density at radius 1 is 1.00 bits per heavy atom. The zero-order valence-electron chi connectivity index (χ0n) is 24.6. The van der Waals surface area contributed by atoms with E-state index in [1.54, 1.807) is 31.0 Å². The Labute approximate surface area is 256 Å². The van der Waals surface area contributed by atoms with E-state index in [2.05, 4.69) is 15.6 Å². The van der Waals surface area contributed by atoms with Crippen LogP contribution in [0.2, 0.25) is 0 Å². The molecule has 4 aromatic rings. The Bertz CT molecular complexity index is 1780. The van der Waals surface area contributed by atoms with E-state index in [9.17, 15) is 14.9 Å². The molecular weight excluding hydrogens is 586 g/mol. The van der Waals surface area contributed by atoms with E-state index < -0.39 is 22.8 Å². The van der Waals surface area contributed by atoms with Crippen LogP contribution in [0.1, 0.15) is 34.3 Å². The second-order valence-corrected chi connectivity index (χ2v) is 10.9. The summed E-state index contributed by atoms with van der Waals surface area (Å²) in [6.07, 6.45) is 1.81. The lowest BCUT2D eigenvalue weighted by atomic mass is 9.65. The third kappa shape index (κ3) is 4.78. The summed E-state index contributed by atoms with van der Waals surface area (Å²) in [7, 11) is 4.64. The first-order valence-corrected chi connectivity index (χ1v) is 14.2. The van der Waals surface area contributed by atoms with Crippen molar-refractivity contribution in [3.8, 4) is 28.7 Å². The largest absolute Gasteiger partial charge is 0.493 e. The smallest absolute Gasteiger partial charge is 0.310 e. The molecule has 0 spiro atoms. The number of ether oxygens (including phenoxy) is 6. The average molecular weight is 616 g/mol. The molecule has 1 fully saturated rings. The van der Waals surface area contributed by atoms with Gasteiger partial charge in [-0.2, -0.15) is 0 Å². The van der Waals surface area contributed by atoms with Gasteiger partial charge in [0.2, 0.25) is 12.5 Å². The molecule has 1 saturated heterocycles. The minimum absolute atomic E-state index is 0.0141. The van der Waals surface area contributed by atoms with Crippen molar-refractivity contribution in [1.29, 1.82) is 0 Å². The number of esters is 1. The molecule has 3 aromatic carbocycles. The number of anilines is 1. The van der Waals surface area contributed by atoms with Gasteiger partial charge in [0.1, 0.15) is 5.69 Å². The maximum absolute atomic E-state index is 13.5. The van der Waals surface area contributed by atoms with Gasteiger partial charge in [-0.25, -0.2) is 4.68 Å². The SMILES string of the molecule is COc1cc([C@@H]2c3cc4c(cc3[C@@H](n3cc(CNc5cccc([N+](=O)[O-])c5)nn3)[C@H]3COC(=O)[C@H]23)OCO4)cc(OC)c1OC. The van der Waals surface area contributed by atoms with Crippen LogP contribution >= 0.6 is 0 Å². The molecule has 1 aromatic heterocycles. The van der Waals surface area contributed by atoms with Crippen molar-refractivity contribution < 1.29 is 38.1 Å². The summed E-state index contributed by atoms with van der Waals surface area (Å²) >= 11 is 0. The van der Waals surface area contributed by atoms with Gasteiger partial charge < -0.3 is 33.7 Å². The number of nitro groups is 1. The van der Waals surface area contributed by atoms with Gasteiger partial charge >= 0.3 is 5.97 Å². The number of non-ortho nitro benzene ring substituents is 1. The molecule has 0 saturated carbocycles. The first-order valence-electron chi connectivity index (χ1n) is 14.2. The zero-order valence-corrected chi connectivity index (χ0v) is 24.6. The van der Waals surface area contributed by atoms with Crippen LogP contribution in [0.5, 0.6) is 28.7 Å². The zero-order chi connectivity index (χ0) is 31.2. The molecule has 0 unspecified atom stereocenters. The van der Waals surface area contributed by atoms with Crippen LogP contribution in [-0.2, 0) is 16.1 Å². The van der Waals surface area contributed by atoms with E-state index in [4.69, 9.17) is 28.4 Å². The molecule has 14 heteroatoms. The van der Waals surface area contributed by atoms with Crippen molar-refractivity contribution in [2.24, 2.45) is 11.8 Å². The highest BCUT2D eigenvalue weighted by Crippen LogP contribution is 2.56. The number of carbonyl (C=O) groups is 1. The van der Waals surface area contributed by atoms with Crippen LogP contribution in [0.25, 0.3) is 0 Å². The van der Waals surface area contributed by atoms with Crippen molar-refractivity contribution in [1.82, 2.24) is 15.0 Å². The number of carbonyl (C=O) groups excluding carboxylic acids is 1. The van der Waals surface area contributed by atoms with E-state index >= 15 is 0 Å². The fraction of sp³-hybridized carbons (Fsp3) is 0.323. The minimum atomic E-state index is -0.568. The van der Waals surface area contributed by atoms with Crippen molar-refractivity contribution in [3.05, 3.63) is 87.2 Å². The molecule has 0 radical (unpaired) electrons. The van der Waals surface area contributed by atoms with Crippen molar-refractivity contribution >= 4 is 17.3 Å². The predicted octanol–water partition coefficient (Wildman–Crippen LogP) is 4.08. The van der Waals surface area contributed by atoms with Gasteiger partial charge in [-0.15, -0.1) is 5.10 Å². The van der Waals surface area contributed by atoms with Crippen molar-refractivity contribution in [2.75, 3.05) is 40.0 Å². The molecule has 3 heterocycles. The number of rotatable bonds is 9. The van der Waals surface area contributed by atoms with Gasteiger partial charge in [-0.05, 0) is 47.0 Å². The second kappa shape index (κ2) is 11.2. The summed E-state index contributed by atoms with van der Waals surface area (Å²) in [5, 5.41) is 23.2. The van der Waals surface area contributed by atoms with E-state index in [-0.39, 0.29) is 37.5 Å². The van der Waals surface area contributed by atoms with Crippen LogP contribution in [0.15, 0.2) is 54.7 Å². The highest BCUT2D eigenvalue weighted by molar-refractivity contribution is 5.79. The lowest BCUT2D eigenvalue weighted by Crippen LogP contribution is -2.37. The fourth-order valence-corrected chi connectivity index (χ4v) is 6.61. The molecule has 1 aliphatic carbocycles. The first-order chi connectivity index (χ1) is 21.9. The highest BCUT2D eigenvalue weighted by Gasteiger charge is 2.53. The molecule has 2 aliphatic heterocycles. The maximum Gasteiger partial charge on any atom is 0.310 e. The third-order valence-corrected chi connectivity index (χ3v) is 8.57. The Morgan fingerprint density at radius 2 is 1.73 bits per heavy atom. The standard InChI is InChI=1S/C31H29N5O9/c1-40-25-7-16(8-26(41-2)30(25)42-3)27-20-10-23-24(45-15-44-23)11-21(20)29(22-14-43-31(37)28(22)27)35-13-18(33-34-35)12-32-17-5-4-6-19(9-17)36(38)39/h4-11,13,22,27-29,32H,12,14-15H2,1-3H3/t22-,27+,28-,29+/m0/s1. The molecule has 14 nitrogen and oxygen atoms in total. The van der Waals surface area contributed by atoms with E-state index in [0.717, 1.165) is 16.7 Å². The van der Waals surface area contributed by atoms with Gasteiger partial charge in [0, 0.05) is 29.7 Å². The molecule has 7 rings (SSSR count). The minimum Gasteiger partial charge on any atom is -0.493 e. The molecule has 232 valence electrons. The molecule has 0 bridgehead atoms. The fourth-order valence-electron chi connectivity index (χ4n) is 6.61. The predicted molar refractivity (Wildman–Crippen MR) is 157 cm³/mol. The maximum atomic E-state index is 13.5. The Morgan fingerprint density at radius 3 is 2.42 bits per heavy atom. The van der Waals surface area contributed by atoms with Crippen LogP contribution in [0.3, 0.4) is 0 Å². The Hall–Kier alpha value is -5.53. The summed E-state index contributed by atoms with van der Waals surface area (Å²) in [5.74, 6) is 0.942. The number of nitro benzene ring substituents is 1. The molecule has 1 N–H and O–H groups in total. The summed E-state index contributed by atoms with van der Waals surface area (Å²) < 4.78 is 35.8. The molecular formula is C31H29N5O9. The van der Waals surface area contributed by atoms with Gasteiger partial charge in [0.25, 0.3) is 5.69 Å². The van der Waals surface area contributed by atoms with Gasteiger partial charge in [-0.1, -0.05) is 11.3 Å². The lowest BCUT2D eigenvalue weighted by Gasteiger charge is -2.39. The van der Waals surface area contributed by atoms with E-state index in [1.165, 1.54) is 19.2 Å². The summed E-state index contributed by atoms with van der Waals surface area (Å²) in [5.41, 5.74) is 3.71. The van der Waals surface area contributed by atoms with E-state index in [1.807, 2.05) is 30.5 Å². The number of benzene rings is 3. The normalized spacial score (nSPS) is 21.0. The number of fused-ring (bicyclic) bond motifs is 3. The number of hydrogen-bond donors (Lipinski definition) is 1. The number of aromatic nitrogens is 3. The summed E-state index contributed by atoms with van der Waals surface area (Å²) in [4.78, 5) is 24.3. The van der Waals surface area contributed by atoms with Crippen LogP contribution in [0, 0.1) is 22.0 Å². The number of nitrogens with zero attached hydrogens (tertiary/aromatic N) is 4. The molecule has 0 amide bonds. The van der Waals surface area contributed by atoms with Crippen molar-refractivity contribution in [3.63, 3.8) is 0 Å². The monoisotopic (exact) mass is 615 g/mol. The summed E-state index contributed by atoms with van der Waals surface area (Å²) in [6, 6.07) is 13.4. The van der Waals surface area contributed by atoms with Crippen LogP contribution < -0.4 is 29.0 Å². The summed E-state index contributed by atoms with van der Waals surface area (Å²) in [6.45, 7) is 0.549. The van der Waals surface area contributed by atoms with Gasteiger partial charge in [0.15, 0.2) is 23.0 Å². The number of nitrogens with one attached hydrogen (secondary N) is 1. The highest BCUT2D eigenvalue weighted by atomic mass is 16.7. The average Bonchev–Trinajstić information content (AvgIpc) is 3.81. The van der Waals surface area contributed by atoms with Crippen molar-refractivity contribution in [2.45, 2.75) is 18.5 Å². The number of methoxy groups -OCH3 is 3. The molecule has 3 aliphatic rings. The van der Waals surface area contributed by atoms with Gasteiger partial charge in [0.05, 0.1) is 57.6 Å². The second-order valence-electron chi connectivity index (χ2n) is 10.9. The first kappa shape index (κ1) is 28.3. The van der Waals surface area contributed by atoms with Crippen LogP contribution in [0.4, 0.5) is 11.4 Å². The topological polar surface area (TPSA) is 158 Å². The molecule has 4 atom stereocenters. The quantitative estimate of drug-likeness (QED) is 0.164. The number of cyclic esters (lactones) is 1. The van der Waals surface area contributed by atoms with E-state index in [0.29, 0.717) is 40.1 Å².